The highest BCUT2D eigenvalue weighted by Gasteiger charge is 2.04. The molecule has 3 aromatic rings. The summed E-state index contributed by atoms with van der Waals surface area (Å²) < 4.78 is 1.68. The zero-order valence-corrected chi connectivity index (χ0v) is 12.4. The molecule has 3 nitrogen and oxygen atoms in total. The lowest BCUT2D eigenvalue weighted by Gasteiger charge is -2.01. The molecule has 0 unspecified atom stereocenters. The summed E-state index contributed by atoms with van der Waals surface area (Å²) in [6, 6.07) is 15.6. The minimum absolute atomic E-state index is 0.0105. The minimum Gasteiger partial charge on any atom is -0.310 e. The Bertz CT molecular complexity index is 761. The molecule has 0 bridgehead atoms. The normalized spacial score (nSPS) is 10.7. The van der Waals surface area contributed by atoms with Crippen LogP contribution in [0.15, 0.2) is 64.9 Å². The number of benzene rings is 1. The van der Waals surface area contributed by atoms with Gasteiger partial charge in [0.25, 0.3) is 5.56 Å². The van der Waals surface area contributed by atoms with Gasteiger partial charge in [-0.25, -0.2) is 4.98 Å². The van der Waals surface area contributed by atoms with Gasteiger partial charge in [-0.2, -0.15) is 0 Å². The van der Waals surface area contributed by atoms with Crippen LogP contribution in [0, 0.1) is 0 Å². The number of hydrogen-bond acceptors (Lipinski definition) is 3. The quantitative estimate of drug-likeness (QED) is 0.725. The topological polar surface area (TPSA) is 34.9 Å². The molecule has 0 amide bonds. The second-order valence-corrected chi connectivity index (χ2v) is 5.83. The van der Waals surface area contributed by atoms with E-state index in [1.165, 1.54) is 5.56 Å². The van der Waals surface area contributed by atoms with E-state index in [4.69, 9.17) is 0 Å². The van der Waals surface area contributed by atoms with Gasteiger partial charge >= 0.3 is 0 Å². The lowest BCUT2D eigenvalue weighted by Crippen LogP contribution is -2.18. The Balaban J connectivity index is 1.64. The van der Waals surface area contributed by atoms with Crippen LogP contribution in [0.1, 0.15) is 16.3 Å². The fraction of sp³-hybridized carbons (Fsp3) is 0.176. The van der Waals surface area contributed by atoms with E-state index in [1.54, 1.807) is 34.2 Å². The molecule has 0 radical (unpaired) electrons. The maximum atomic E-state index is 11.7. The van der Waals surface area contributed by atoms with Gasteiger partial charge in [0.15, 0.2) is 0 Å². The Morgan fingerprint density at radius 1 is 1.00 bits per heavy atom. The number of thiazole rings is 1. The molecule has 0 aliphatic carbocycles. The van der Waals surface area contributed by atoms with Crippen molar-refractivity contribution >= 4 is 11.3 Å². The molecule has 2 heterocycles. The molecule has 0 spiro atoms. The molecule has 2 aromatic heterocycles. The number of pyridine rings is 1. The van der Waals surface area contributed by atoms with Gasteiger partial charge in [-0.1, -0.05) is 36.4 Å². The number of rotatable bonds is 5. The fourth-order valence-corrected chi connectivity index (χ4v) is 2.99. The van der Waals surface area contributed by atoms with E-state index < -0.39 is 0 Å². The molecular weight excluding hydrogens is 280 g/mol. The van der Waals surface area contributed by atoms with Gasteiger partial charge in [-0.05, 0) is 18.1 Å². The van der Waals surface area contributed by atoms with E-state index in [1.807, 2.05) is 17.5 Å². The van der Waals surface area contributed by atoms with Gasteiger partial charge in [0, 0.05) is 24.1 Å². The van der Waals surface area contributed by atoms with Crippen LogP contribution in [0.3, 0.4) is 0 Å². The van der Waals surface area contributed by atoms with Crippen LogP contribution >= 0.6 is 11.3 Å². The van der Waals surface area contributed by atoms with Gasteiger partial charge in [-0.15, -0.1) is 11.3 Å². The standard InChI is InChI=1S/C17H16N2OS/c20-17-8-4-5-11-19(17)12-15-13-21-16(18-15)10-9-14-6-2-1-3-7-14/h1-8,11,13H,9-10,12H2. The van der Waals surface area contributed by atoms with Crippen LogP contribution in [-0.4, -0.2) is 9.55 Å². The zero-order chi connectivity index (χ0) is 14.5. The average molecular weight is 296 g/mol. The van der Waals surface area contributed by atoms with Crippen molar-refractivity contribution in [2.75, 3.05) is 0 Å². The van der Waals surface area contributed by atoms with Crippen LogP contribution in [-0.2, 0) is 19.4 Å². The molecule has 106 valence electrons. The van der Waals surface area contributed by atoms with Gasteiger partial charge < -0.3 is 4.57 Å². The molecule has 0 saturated heterocycles. The van der Waals surface area contributed by atoms with Crippen LogP contribution in [0.25, 0.3) is 0 Å². The summed E-state index contributed by atoms with van der Waals surface area (Å²) in [7, 11) is 0. The molecule has 21 heavy (non-hydrogen) atoms. The molecule has 0 aliphatic rings. The molecule has 4 heteroatoms. The van der Waals surface area contributed by atoms with Crippen molar-refractivity contribution in [2.45, 2.75) is 19.4 Å². The third kappa shape index (κ3) is 3.67. The van der Waals surface area contributed by atoms with Gasteiger partial charge in [0.2, 0.25) is 0 Å². The van der Waals surface area contributed by atoms with Crippen LogP contribution < -0.4 is 5.56 Å². The third-order valence-corrected chi connectivity index (χ3v) is 4.26. The van der Waals surface area contributed by atoms with Crippen molar-refractivity contribution < 1.29 is 0 Å². The highest BCUT2D eigenvalue weighted by Crippen LogP contribution is 2.13. The van der Waals surface area contributed by atoms with E-state index in [-0.39, 0.29) is 5.56 Å². The molecular formula is C17H16N2OS. The van der Waals surface area contributed by atoms with Gasteiger partial charge in [-0.3, -0.25) is 4.79 Å². The Hall–Kier alpha value is -2.20. The molecule has 0 saturated carbocycles. The summed E-state index contributed by atoms with van der Waals surface area (Å²) in [5.74, 6) is 0. The van der Waals surface area contributed by atoms with Crippen molar-refractivity contribution in [3.8, 4) is 0 Å². The predicted molar refractivity (Wildman–Crippen MR) is 85.8 cm³/mol. The first kappa shape index (κ1) is 13.8. The highest BCUT2D eigenvalue weighted by molar-refractivity contribution is 7.09. The Morgan fingerprint density at radius 2 is 1.81 bits per heavy atom. The first-order chi connectivity index (χ1) is 10.3. The zero-order valence-electron chi connectivity index (χ0n) is 11.6. The molecule has 0 N–H and O–H groups in total. The molecule has 3 rings (SSSR count). The number of hydrogen-bond donors (Lipinski definition) is 0. The Morgan fingerprint density at radius 3 is 2.62 bits per heavy atom. The van der Waals surface area contributed by atoms with Crippen LogP contribution in [0.5, 0.6) is 0 Å². The largest absolute Gasteiger partial charge is 0.310 e. The highest BCUT2D eigenvalue weighted by atomic mass is 32.1. The van der Waals surface area contributed by atoms with Gasteiger partial charge in [0.1, 0.15) is 0 Å². The third-order valence-electron chi connectivity index (χ3n) is 3.30. The maximum absolute atomic E-state index is 11.7. The molecule has 0 fully saturated rings. The average Bonchev–Trinajstić information content (AvgIpc) is 2.96. The summed E-state index contributed by atoms with van der Waals surface area (Å²) in [5.41, 5.74) is 2.29. The number of aromatic nitrogens is 2. The maximum Gasteiger partial charge on any atom is 0.250 e. The predicted octanol–water partition coefficient (Wildman–Crippen LogP) is 3.14. The van der Waals surface area contributed by atoms with E-state index in [0.717, 1.165) is 23.5 Å². The summed E-state index contributed by atoms with van der Waals surface area (Å²) >= 11 is 1.67. The lowest BCUT2D eigenvalue weighted by atomic mass is 10.1. The van der Waals surface area contributed by atoms with Gasteiger partial charge in [0.05, 0.1) is 17.2 Å². The van der Waals surface area contributed by atoms with Crippen LogP contribution in [0.4, 0.5) is 0 Å². The van der Waals surface area contributed by atoms with Crippen molar-refractivity contribution in [1.29, 1.82) is 0 Å². The first-order valence-electron chi connectivity index (χ1n) is 6.94. The summed E-state index contributed by atoms with van der Waals surface area (Å²) in [4.78, 5) is 16.3. The molecule has 1 aromatic carbocycles. The smallest absolute Gasteiger partial charge is 0.250 e. The molecule has 0 atom stereocenters. The fourth-order valence-electron chi connectivity index (χ4n) is 2.20. The van der Waals surface area contributed by atoms with Crippen molar-refractivity contribution in [3.63, 3.8) is 0 Å². The van der Waals surface area contributed by atoms with Crippen molar-refractivity contribution in [2.24, 2.45) is 0 Å². The molecule has 0 aliphatic heterocycles. The summed E-state index contributed by atoms with van der Waals surface area (Å²) in [5, 5.41) is 3.16. The minimum atomic E-state index is 0.0105. The Labute approximate surface area is 127 Å². The number of aryl methyl sites for hydroxylation is 2. The monoisotopic (exact) mass is 296 g/mol. The number of nitrogens with zero attached hydrogens (tertiary/aromatic N) is 2. The van der Waals surface area contributed by atoms with Crippen LogP contribution in [0.2, 0.25) is 0 Å². The lowest BCUT2D eigenvalue weighted by molar-refractivity contribution is 0.739. The van der Waals surface area contributed by atoms with E-state index in [0.29, 0.717) is 6.54 Å². The Kier molecular flexibility index (Phi) is 4.26. The van der Waals surface area contributed by atoms with E-state index in [9.17, 15) is 4.79 Å². The van der Waals surface area contributed by atoms with Crippen molar-refractivity contribution in [1.82, 2.24) is 9.55 Å². The summed E-state index contributed by atoms with van der Waals surface area (Å²) in [6.45, 7) is 0.543. The van der Waals surface area contributed by atoms with Crippen molar-refractivity contribution in [3.05, 3.63) is 86.7 Å². The second kappa shape index (κ2) is 6.50. The first-order valence-corrected chi connectivity index (χ1v) is 7.82. The van der Waals surface area contributed by atoms with E-state index >= 15 is 0 Å². The van der Waals surface area contributed by atoms with E-state index in [2.05, 4.69) is 29.2 Å². The summed E-state index contributed by atoms with van der Waals surface area (Å²) in [6.07, 6.45) is 3.74. The second-order valence-electron chi connectivity index (χ2n) is 4.88. The SMILES string of the molecule is O=c1ccccn1Cc1csc(CCc2ccccc2)n1.